The van der Waals surface area contributed by atoms with Crippen LogP contribution in [0.4, 0.5) is 16.4 Å². The summed E-state index contributed by atoms with van der Waals surface area (Å²) in [5.74, 6) is 0.206. The summed E-state index contributed by atoms with van der Waals surface area (Å²) in [4.78, 5) is 12.0. The Kier molecular flexibility index (Phi) is 4.94. The van der Waals surface area contributed by atoms with Crippen molar-refractivity contribution >= 4 is 52.4 Å². The number of amides is 2. The number of urea groups is 1. The molecule has 0 radical (unpaired) electrons. The molecule has 0 aliphatic rings. The van der Waals surface area contributed by atoms with Crippen LogP contribution < -0.4 is 10.6 Å². The number of carbonyl (C=O) groups is 1. The summed E-state index contributed by atoms with van der Waals surface area (Å²) in [6, 6.07) is 13.0. The second kappa shape index (κ2) is 7.13. The van der Waals surface area contributed by atoms with Crippen molar-refractivity contribution in [3.8, 4) is 11.3 Å². The largest absolute Gasteiger partial charge is 0.338 e. The standard InChI is InChI=1S/C16H10Cl3N3O2/c17-10-3-1-9(2-4-10)14-8-15(24-22-14)21-16(23)20-11-5-6-12(18)13(19)7-11/h1-8H,(H2,20,21,23). The van der Waals surface area contributed by atoms with Crippen molar-refractivity contribution < 1.29 is 9.32 Å². The molecule has 1 aromatic heterocycles. The lowest BCUT2D eigenvalue weighted by Gasteiger charge is -2.05. The van der Waals surface area contributed by atoms with Gasteiger partial charge in [-0.2, -0.15) is 0 Å². The van der Waals surface area contributed by atoms with Gasteiger partial charge in [0.1, 0.15) is 5.69 Å². The molecule has 8 heteroatoms. The Hall–Kier alpha value is -2.21. The minimum atomic E-state index is -0.493. The second-order valence-corrected chi connectivity index (χ2v) is 6.04. The van der Waals surface area contributed by atoms with Crippen molar-refractivity contribution in [2.45, 2.75) is 0 Å². The molecule has 0 aliphatic carbocycles. The monoisotopic (exact) mass is 381 g/mol. The van der Waals surface area contributed by atoms with Crippen molar-refractivity contribution in [2.24, 2.45) is 0 Å². The molecule has 0 saturated heterocycles. The van der Waals surface area contributed by atoms with Crippen molar-refractivity contribution in [3.05, 3.63) is 63.6 Å². The van der Waals surface area contributed by atoms with Crippen LogP contribution in [0.2, 0.25) is 15.1 Å². The highest BCUT2D eigenvalue weighted by Gasteiger charge is 2.10. The third-order valence-corrected chi connectivity index (χ3v) is 4.06. The van der Waals surface area contributed by atoms with E-state index in [1.54, 1.807) is 48.5 Å². The Bertz CT molecular complexity index is 879. The fourth-order valence-electron chi connectivity index (χ4n) is 1.94. The highest BCUT2D eigenvalue weighted by molar-refractivity contribution is 6.42. The van der Waals surface area contributed by atoms with Gasteiger partial charge in [-0.05, 0) is 30.3 Å². The molecule has 0 bridgehead atoms. The average molecular weight is 383 g/mol. The zero-order valence-corrected chi connectivity index (χ0v) is 14.3. The maximum absolute atomic E-state index is 12.0. The predicted octanol–water partition coefficient (Wildman–Crippen LogP) is 5.95. The van der Waals surface area contributed by atoms with Crippen LogP contribution in [0.5, 0.6) is 0 Å². The van der Waals surface area contributed by atoms with E-state index < -0.39 is 6.03 Å². The lowest BCUT2D eigenvalue weighted by molar-refractivity contribution is 0.261. The molecule has 5 nitrogen and oxygen atoms in total. The summed E-state index contributed by atoms with van der Waals surface area (Å²) in [6.07, 6.45) is 0. The van der Waals surface area contributed by atoms with Crippen molar-refractivity contribution in [1.82, 2.24) is 5.16 Å². The summed E-state index contributed by atoms with van der Waals surface area (Å²) in [5.41, 5.74) is 1.90. The Balaban J connectivity index is 1.66. The fourth-order valence-corrected chi connectivity index (χ4v) is 2.36. The third kappa shape index (κ3) is 4.00. The van der Waals surface area contributed by atoms with Gasteiger partial charge in [0.15, 0.2) is 0 Å². The van der Waals surface area contributed by atoms with E-state index in [-0.39, 0.29) is 5.88 Å². The molecule has 2 amide bonds. The van der Waals surface area contributed by atoms with Crippen LogP contribution in [0.1, 0.15) is 0 Å². The van der Waals surface area contributed by atoms with E-state index in [1.807, 2.05) is 0 Å². The molecule has 2 N–H and O–H groups in total. The number of nitrogens with zero attached hydrogens (tertiary/aromatic N) is 1. The molecule has 24 heavy (non-hydrogen) atoms. The molecular weight excluding hydrogens is 373 g/mol. The van der Waals surface area contributed by atoms with E-state index >= 15 is 0 Å². The van der Waals surface area contributed by atoms with E-state index in [9.17, 15) is 4.79 Å². The molecular formula is C16H10Cl3N3O2. The van der Waals surface area contributed by atoms with E-state index in [1.165, 1.54) is 0 Å². The van der Waals surface area contributed by atoms with Crippen molar-refractivity contribution in [1.29, 1.82) is 0 Å². The number of hydrogen-bond acceptors (Lipinski definition) is 3. The Morgan fingerprint density at radius 3 is 2.38 bits per heavy atom. The smallest absolute Gasteiger partial charge is 0.326 e. The number of hydrogen-bond donors (Lipinski definition) is 2. The van der Waals surface area contributed by atoms with Gasteiger partial charge in [0.05, 0.1) is 10.0 Å². The van der Waals surface area contributed by atoms with Gasteiger partial charge in [-0.1, -0.05) is 52.1 Å². The van der Waals surface area contributed by atoms with Gasteiger partial charge in [0.25, 0.3) is 0 Å². The SMILES string of the molecule is O=C(Nc1ccc(Cl)c(Cl)c1)Nc1cc(-c2ccc(Cl)cc2)no1. The summed E-state index contributed by atoms with van der Waals surface area (Å²) < 4.78 is 5.10. The van der Waals surface area contributed by atoms with E-state index in [0.29, 0.717) is 26.4 Å². The number of nitrogens with one attached hydrogen (secondary N) is 2. The van der Waals surface area contributed by atoms with Crippen LogP contribution >= 0.6 is 34.8 Å². The molecule has 1 heterocycles. The van der Waals surface area contributed by atoms with E-state index in [2.05, 4.69) is 15.8 Å². The van der Waals surface area contributed by atoms with Crippen LogP contribution in [0.25, 0.3) is 11.3 Å². The van der Waals surface area contributed by atoms with Gasteiger partial charge in [-0.3, -0.25) is 5.32 Å². The molecule has 0 aliphatic heterocycles. The number of anilines is 2. The first-order valence-corrected chi connectivity index (χ1v) is 7.90. The summed E-state index contributed by atoms with van der Waals surface area (Å²) >= 11 is 17.6. The summed E-state index contributed by atoms with van der Waals surface area (Å²) in [6.45, 7) is 0. The quantitative estimate of drug-likeness (QED) is 0.588. The third-order valence-electron chi connectivity index (χ3n) is 3.06. The van der Waals surface area contributed by atoms with Gasteiger partial charge in [0, 0.05) is 22.3 Å². The van der Waals surface area contributed by atoms with Crippen LogP contribution in [0, 0.1) is 0 Å². The number of aromatic nitrogens is 1. The van der Waals surface area contributed by atoms with Crippen molar-refractivity contribution in [3.63, 3.8) is 0 Å². The normalized spacial score (nSPS) is 10.5. The van der Waals surface area contributed by atoms with Crippen LogP contribution in [-0.2, 0) is 0 Å². The molecule has 0 unspecified atom stereocenters. The van der Waals surface area contributed by atoms with Gasteiger partial charge >= 0.3 is 6.03 Å². The molecule has 122 valence electrons. The molecule has 0 saturated carbocycles. The minimum Gasteiger partial charge on any atom is -0.338 e. The van der Waals surface area contributed by atoms with Gasteiger partial charge in [-0.25, -0.2) is 4.79 Å². The molecule has 0 spiro atoms. The maximum Gasteiger partial charge on any atom is 0.326 e. The number of rotatable bonds is 3. The molecule has 3 rings (SSSR count). The maximum atomic E-state index is 12.0. The average Bonchev–Trinajstić information content (AvgIpc) is 3.00. The Labute approximate surface area is 152 Å². The Morgan fingerprint density at radius 1 is 0.917 bits per heavy atom. The molecule has 0 fully saturated rings. The van der Waals surface area contributed by atoms with Gasteiger partial charge < -0.3 is 9.84 Å². The fraction of sp³-hybridized carbons (Fsp3) is 0. The van der Waals surface area contributed by atoms with Crippen LogP contribution in [0.15, 0.2) is 53.1 Å². The van der Waals surface area contributed by atoms with Gasteiger partial charge in [-0.15, -0.1) is 0 Å². The predicted molar refractivity (Wildman–Crippen MR) is 96.1 cm³/mol. The minimum absolute atomic E-state index is 0.206. The first-order valence-electron chi connectivity index (χ1n) is 6.77. The zero-order chi connectivity index (χ0) is 17.1. The van der Waals surface area contributed by atoms with Crippen molar-refractivity contribution in [2.75, 3.05) is 10.6 Å². The van der Waals surface area contributed by atoms with E-state index in [4.69, 9.17) is 39.3 Å². The first-order chi connectivity index (χ1) is 11.5. The number of carbonyl (C=O) groups excluding carboxylic acids is 1. The lowest BCUT2D eigenvalue weighted by Crippen LogP contribution is -2.18. The molecule has 0 atom stereocenters. The zero-order valence-electron chi connectivity index (χ0n) is 12.0. The van der Waals surface area contributed by atoms with Gasteiger partial charge in [0.2, 0.25) is 5.88 Å². The number of benzene rings is 2. The second-order valence-electron chi connectivity index (χ2n) is 4.79. The summed E-state index contributed by atoms with van der Waals surface area (Å²) in [5, 5.41) is 10.4. The topological polar surface area (TPSA) is 67.2 Å². The highest BCUT2D eigenvalue weighted by atomic mass is 35.5. The molecule has 2 aromatic carbocycles. The Morgan fingerprint density at radius 2 is 1.67 bits per heavy atom. The highest BCUT2D eigenvalue weighted by Crippen LogP contribution is 2.26. The van der Waals surface area contributed by atoms with Crippen LogP contribution in [-0.4, -0.2) is 11.2 Å². The van der Waals surface area contributed by atoms with Crippen LogP contribution in [0.3, 0.4) is 0 Å². The summed E-state index contributed by atoms with van der Waals surface area (Å²) in [7, 11) is 0. The van der Waals surface area contributed by atoms with E-state index in [0.717, 1.165) is 5.56 Å². The lowest BCUT2D eigenvalue weighted by atomic mass is 10.1. The number of halogens is 3. The first kappa shape index (κ1) is 16.6. The molecule has 3 aromatic rings.